The van der Waals surface area contributed by atoms with Gasteiger partial charge >= 0.3 is 0 Å². The van der Waals surface area contributed by atoms with Gasteiger partial charge in [0.2, 0.25) is 0 Å². The number of anilines is 1. The second kappa shape index (κ2) is 5.40. The van der Waals surface area contributed by atoms with Crippen molar-refractivity contribution in [1.29, 1.82) is 0 Å². The van der Waals surface area contributed by atoms with Gasteiger partial charge in [0.15, 0.2) is 0 Å². The van der Waals surface area contributed by atoms with E-state index in [0.29, 0.717) is 11.6 Å². The van der Waals surface area contributed by atoms with Crippen LogP contribution < -0.4 is 5.73 Å². The Morgan fingerprint density at radius 2 is 2.05 bits per heavy atom. The van der Waals surface area contributed by atoms with Gasteiger partial charge in [-0.3, -0.25) is 9.69 Å². The summed E-state index contributed by atoms with van der Waals surface area (Å²) >= 11 is 0. The number of nitrogens with zero attached hydrogens (tertiary/aromatic N) is 2. The van der Waals surface area contributed by atoms with E-state index in [1.807, 2.05) is 4.90 Å². The summed E-state index contributed by atoms with van der Waals surface area (Å²) in [7, 11) is 0. The highest BCUT2D eigenvalue weighted by molar-refractivity contribution is 5.99. The van der Waals surface area contributed by atoms with Crippen LogP contribution in [0.2, 0.25) is 0 Å². The van der Waals surface area contributed by atoms with Crippen molar-refractivity contribution in [3.05, 3.63) is 29.6 Å². The fraction of sp³-hybridized carbons (Fsp3) is 0.533. The molecule has 2 N–H and O–H groups in total. The largest absolute Gasteiger partial charge is 0.398 e. The lowest BCUT2D eigenvalue weighted by atomic mass is 10.1. The molecule has 108 valence electrons. The Labute approximate surface area is 118 Å². The first-order chi connectivity index (χ1) is 9.65. The molecule has 1 aromatic rings. The molecule has 2 saturated heterocycles. The Balaban J connectivity index is 1.79. The third-order valence-corrected chi connectivity index (χ3v) is 4.33. The number of nitrogen functional groups attached to an aromatic ring is 1. The van der Waals surface area contributed by atoms with Crippen molar-refractivity contribution in [2.75, 3.05) is 31.9 Å². The number of hydrogen-bond acceptors (Lipinski definition) is 3. The Morgan fingerprint density at radius 1 is 1.25 bits per heavy atom. The van der Waals surface area contributed by atoms with Crippen LogP contribution in [0.25, 0.3) is 0 Å². The number of carbonyl (C=O) groups excluding carboxylic acids is 1. The quantitative estimate of drug-likeness (QED) is 0.795. The first-order valence-electron chi connectivity index (χ1n) is 7.23. The van der Waals surface area contributed by atoms with Crippen LogP contribution >= 0.6 is 0 Å². The average molecular weight is 277 g/mol. The smallest absolute Gasteiger partial charge is 0.256 e. The molecule has 2 fully saturated rings. The van der Waals surface area contributed by atoms with Crippen LogP contribution in [-0.4, -0.2) is 47.9 Å². The molecule has 0 bridgehead atoms. The molecular formula is C15H20FN3O. The number of benzene rings is 1. The normalized spacial score (nSPS) is 23.4. The van der Waals surface area contributed by atoms with E-state index < -0.39 is 5.82 Å². The molecule has 0 saturated carbocycles. The molecule has 2 aliphatic rings. The molecular weight excluding hydrogens is 257 g/mol. The van der Waals surface area contributed by atoms with Crippen molar-refractivity contribution in [2.45, 2.75) is 25.3 Å². The maximum Gasteiger partial charge on any atom is 0.256 e. The zero-order chi connectivity index (χ0) is 14.1. The van der Waals surface area contributed by atoms with Gasteiger partial charge in [0, 0.05) is 31.4 Å². The molecule has 0 aliphatic carbocycles. The highest BCUT2D eigenvalue weighted by Gasteiger charge is 2.31. The molecule has 0 aromatic heterocycles. The molecule has 1 atom stereocenters. The van der Waals surface area contributed by atoms with E-state index in [-0.39, 0.29) is 11.6 Å². The van der Waals surface area contributed by atoms with Gasteiger partial charge in [0.1, 0.15) is 5.82 Å². The van der Waals surface area contributed by atoms with E-state index in [1.165, 1.54) is 24.6 Å². The van der Waals surface area contributed by atoms with Gasteiger partial charge in [0.25, 0.3) is 5.91 Å². The van der Waals surface area contributed by atoms with E-state index in [9.17, 15) is 9.18 Å². The van der Waals surface area contributed by atoms with Gasteiger partial charge in [-0.1, -0.05) is 0 Å². The minimum atomic E-state index is -0.406. The summed E-state index contributed by atoms with van der Waals surface area (Å²) in [6, 6.07) is 4.48. The third-order valence-electron chi connectivity index (χ3n) is 4.33. The average Bonchev–Trinajstić information content (AvgIpc) is 2.75. The lowest BCUT2D eigenvalue weighted by Gasteiger charge is -2.26. The molecule has 1 unspecified atom stereocenters. The van der Waals surface area contributed by atoms with Gasteiger partial charge in [-0.25, -0.2) is 4.39 Å². The third kappa shape index (κ3) is 2.50. The highest BCUT2D eigenvalue weighted by atomic mass is 19.1. The molecule has 2 aliphatic heterocycles. The summed E-state index contributed by atoms with van der Waals surface area (Å²) in [4.78, 5) is 16.9. The van der Waals surface area contributed by atoms with Crippen LogP contribution in [0.5, 0.6) is 0 Å². The van der Waals surface area contributed by atoms with E-state index in [1.54, 1.807) is 0 Å². The van der Waals surface area contributed by atoms with Gasteiger partial charge in [-0.15, -0.1) is 0 Å². The number of carbonyl (C=O) groups is 1. The van der Waals surface area contributed by atoms with Crippen molar-refractivity contribution in [3.8, 4) is 0 Å². The number of halogens is 1. The number of rotatable bonds is 1. The summed E-state index contributed by atoms with van der Waals surface area (Å²) in [6.07, 6.45) is 3.36. The van der Waals surface area contributed by atoms with Crippen LogP contribution in [0.3, 0.4) is 0 Å². The van der Waals surface area contributed by atoms with Gasteiger partial charge < -0.3 is 10.6 Å². The Kier molecular flexibility index (Phi) is 3.61. The van der Waals surface area contributed by atoms with E-state index in [2.05, 4.69) is 4.90 Å². The highest BCUT2D eigenvalue weighted by Crippen LogP contribution is 2.23. The number of amides is 1. The molecule has 1 amide bonds. The molecule has 4 nitrogen and oxygen atoms in total. The first-order valence-corrected chi connectivity index (χ1v) is 7.23. The zero-order valence-electron chi connectivity index (χ0n) is 11.5. The molecule has 20 heavy (non-hydrogen) atoms. The Bertz CT molecular complexity index is 520. The molecule has 0 spiro atoms. The Morgan fingerprint density at radius 3 is 2.85 bits per heavy atom. The summed E-state index contributed by atoms with van der Waals surface area (Å²) < 4.78 is 13.1. The van der Waals surface area contributed by atoms with Crippen LogP contribution in [0.15, 0.2) is 18.2 Å². The summed E-state index contributed by atoms with van der Waals surface area (Å²) in [6.45, 7) is 3.72. The van der Waals surface area contributed by atoms with E-state index in [0.717, 1.165) is 39.0 Å². The van der Waals surface area contributed by atoms with E-state index in [4.69, 9.17) is 5.73 Å². The lowest BCUT2D eigenvalue weighted by molar-refractivity contribution is 0.0744. The minimum absolute atomic E-state index is 0.0729. The monoisotopic (exact) mass is 277 g/mol. The van der Waals surface area contributed by atoms with E-state index >= 15 is 0 Å². The number of hydrogen-bond donors (Lipinski definition) is 1. The Hall–Kier alpha value is -1.62. The second-order valence-electron chi connectivity index (χ2n) is 5.67. The predicted octanol–water partition coefficient (Wildman–Crippen LogP) is 1.72. The van der Waals surface area contributed by atoms with Crippen molar-refractivity contribution >= 4 is 11.6 Å². The maximum atomic E-state index is 13.1. The SMILES string of the molecule is Nc1cc(F)ccc1C(=O)N1CCCN2CCCC2C1. The lowest BCUT2D eigenvalue weighted by Crippen LogP contribution is -2.39. The topological polar surface area (TPSA) is 49.6 Å². The predicted molar refractivity (Wildman–Crippen MR) is 75.9 cm³/mol. The molecule has 3 rings (SSSR count). The van der Waals surface area contributed by atoms with Crippen LogP contribution in [0.1, 0.15) is 29.6 Å². The molecule has 1 aromatic carbocycles. The molecule has 0 radical (unpaired) electrons. The number of nitrogens with two attached hydrogens (primary N) is 1. The number of fused-ring (bicyclic) bond motifs is 1. The minimum Gasteiger partial charge on any atom is -0.398 e. The fourth-order valence-corrected chi connectivity index (χ4v) is 3.29. The standard InChI is InChI=1S/C15H20FN3O/c16-11-4-5-13(14(17)9-11)15(20)19-8-2-7-18-6-1-3-12(18)10-19/h4-5,9,12H,1-3,6-8,10,17H2. The fourth-order valence-electron chi connectivity index (χ4n) is 3.29. The van der Waals surface area contributed by atoms with Crippen molar-refractivity contribution in [2.24, 2.45) is 0 Å². The van der Waals surface area contributed by atoms with Crippen molar-refractivity contribution < 1.29 is 9.18 Å². The first kappa shape index (κ1) is 13.4. The van der Waals surface area contributed by atoms with Crippen molar-refractivity contribution in [3.63, 3.8) is 0 Å². The summed E-state index contributed by atoms with van der Waals surface area (Å²) in [5.41, 5.74) is 6.42. The van der Waals surface area contributed by atoms with Gasteiger partial charge in [-0.05, 0) is 44.0 Å². The van der Waals surface area contributed by atoms with Crippen molar-refractivity contribution in [1.82, 2.24) is 9.80 Å². The zero-order valence-corrected chi connectivity index (χ0v) is 11.5. The maximum absolute atomic E-state index is 13.1. The summed E-state index contributed by atoms with van der Waals surface area (Å²) in [5, 5.41) is 0. The second-order valence-corrected chi connectivity index (χ2v) is 5.67. The van der Waals surface area contributed by atoms with Gasteiger partial charge in [0.05, 0.1) is 5.56 Å². The van der Waals surface area contributed by atoms with Crippen LogP contribution in [0, 0.1) is 5.82 Å². The molecule has 5 heteroatoms. The molecule has 2 heterocycles. The van der Waals surface area contributed by atoms with Crippen LogP contribution in [-0.2, 0) is 0 Å². The van der Waals surface area contributed by atoms with Gasteiger partial charge in [-0.2, -0.15) is 0 Å². The summed E-state index contributed by atoms with van der Waals surface area (Å²) in [5.74, 6) is -0.479. The van der Waals surface area contributed by atoms with Crippen LogP contribution in [0.4, 0.5) is 10.1 Å².